The minimum absolute atomic E-state index is 0.0641. The quantitative estimate of drug-likeness (QED) is 0.827. The van der Waals surface area contributed by atoms with Crippen molar-refractivity contribution in [2.24, 2.45) is 5.92 Å². The molecule has 0 amide bonds. The lowest BCUT2D eigenvalue weighted by Gasteiger charge is -2.53. The fourth-order valence-electron chi connectivity index (χ4n) is 4.05. The summed E-state index contributed by atoms with van der Waals surface area (Å²) in [4.78, 5) is 2.49. The molecule has 5 heteroatoms. The highest BCUT2D eigenvalue weighted by molar-refractivity contribution is 7.07. The van der Waals surface area contributed by atoms with Crippen LogP contribution in [0.25, 0.3) is 0 Å². The van der Waals surface area contributed by atoms with Gasteiger partial charge in [0.25, 0.3) is 0 Å². The van der Waals surface area contributed by atoms with Gasteiger partial charge in [0.2, 0.25) is 0 Å². The van der Waals surface area contributed by atoms with E-state index in [2.05, 4.69) is 21.7 Å². The van der Waals surface area contributed by atoms with Crippen molar-refractivity contribution in [3.8, 4) is 0 Å². The van der Waals surface area contributed by atoms with Crippen LogP contribution in [-0.4, -0.2) is 56.1 Å². The maximum Gasteiger partial charge on any atom is 0.0959 e. The fraction of sp³-hybridized carbons (Fsp3) is 0.778. The topological polar surface area (TPSA) is 30.9 Å². The monoisotopic (exact) mass is 337 g/mol. The molecule has 1 atom stereocenters. The van der Waals surface area contributed by atoms with Gasteiger partial charge in [0.05, 0.1) is 11.7 Å². The Labute approximate surface area is 142 Å². The summed E-state index contributed by atoms with van der Waals surface area (Å²) >= 11 is 1.78. The summed E-state index contributed by atoms with van der Waals surface area (Å²) in [6.07, 6.45) is 4.81. The SMILES string of the molecule is c1cc(CN2CC3(C[C@H](OCC4CCOCC4)CCO3)C2)cs1. The molecule has 3 saturated heterocycles. The van der Waals surface area contributed by atoms with Crippen LogP contribution < -0.4 is 0 Å². The van der Waals surface area contributed by atoms with Crippen LogP contribution in [0.15, 0.2) is 16.8 Å². The summed E-state index contributed by atoms with van der Waals surface area (Å²) < 4.78 is 17.8. The Morgan fingerprint density at radius 1 is 1.22 bits per heavy atom. The maximum absolute atomic E-state index is 6.24. The van der Waals surface area contributed by atoms with Gasteiger partial charge >= 0.3 is 0 Å². The van der Waals surface area contributed by atoms with Crippen molar-refractivity contribution in [1.29, 1.82) is 0 Å². The molecule has 1 aromatic heterocycles. The Balaban J connectivity index is 1.22. The van der Waals surface area contributed by atoms with Crippen LogP contribution in [0, 0.1) is 5.92 Å². The van der Waals surface area contributed by atoms with E-state index in [1.54, 1.807) is 11.3 Å². The van der Waals surface area contributed by atoms with Crippen LogP contribution >= 0.6 is 11.3 Å². The van der Waals surface area contributed by atoms with Crippen molar-refractivity contribution >= 4 is 11.3 Å². The third-order valence-electron chi connectivity index (χ3n) is 5.37. The van der Waals surface area contributed by atoms with Crippen LogP contribution in [0.3, 0.4) is 0 Å². The summed E-state index contributed by atoms with van der Waals surface area (Å²) in [5.74, 6) is 0.694. The van der Waals surface area contributed by atoms with E-state index < -0.39 is 0 Å². The summed E-state index contributed by atoms with van der Waals surface area (Å²) in [7, 11) is 0. The van der Waals surface area contributed by atoms with Gasteiger partial charge in [-0.1, -0.05) is 0 Å². The van der Waals surface area contributed by atoms with E-state index in [0.717, 1.165) is 71.7 Å². The van der Waals surface area contributed by atoms with Gasteiger partial charge in [0.15, 0.2) is 0 Å². The van der Waals surface area contributed by atoms with Gasteiger partial charge in [-0.05, 0) is 47.6 Å². The molecule has 4 rings (SSSR count). The Morgan fingerprint density at radius 3 is 2.87 bits per heavy atom. The molecule has 0 radical (unpaired) electrons. The molecule has 0 N–H and O–H groups in total. The van der Waals surface area contributed by atoms with E-state index in [9.17, 15) is 0 Å². The first-order chi connectivity index (χ1) is 11.3. The van der Waals surface area contributed by atoms with Crippen LogP contribution in [0.1, 0.15) is 31.2 Å². The molecule has 3 aliphatic heterocycles. The predicted octanol–water partition coefficient (Wildman–Crippen LogP) is 2.92. The average molecular weight is 337 g/mol. The van der Waals surface area contributed by atoms with Gasteiger partial charge in [-0.2, -0.15) is 11.3 Å². The lowest BCUT2D eigenvalue weighted by atomic mass is 9.84. The second-order valence-electron chi connectivity index (χ2n) is 7.31. The standard InChI is InChI=1S/C18H27NO3S/c1-5-20-6-2-15(1)11-21-17-3-7-22-18(9-17)13-19(14-18)10-16-4-8-23-12-16/h4,8,12,15,17H,1-3,5-7,9-11,13-14H2/t17-/m1/s1. The first kappa shape index (κ1) is 16.0. The molecule has 1 spiro atoms. The van der Waals surface area contributed by atoms with Crippen molar-refractivity contribution < 1.29 is 14.2 Å². The highest BCUT2D eigenvalue weighted by atomic mass is 32.1. The summed E-state index contributed by atoms with van der Waals surface area (Å²) in [6, 6.07) is 2.22. The number of hydrogen-bond acceptors (Lipinski definition) is 5. The molecule has 23 heavy (non-hydrogen) atoms. The van der Waals surface area contributed by atoms with E-state index in [1.165, 1.54) is 5.56 Å². The smallest absolute Gasteiger partial charge is 0.0959 e. The number of nitrogens with zero attached hydrogens (tertiary/aromatic N) is 1. The van der Waals surface area contributed by atoms with Crippen molar-refractivity contribution in [3.05, 3.63) is 22.4 Å². The minimum Gasteiger partial charge on any atom is -0.381 e. The van der Waals surface area contributed by atoms with Gasteiger partial charge in [0.1, 0.15) is 0 Å². The molecule has 1 aromatic rings. The molecule has 4 heterocycles. The maximum atomic E-state index is 6.24. The first-order valence-electron chi connectivity index (χ1n) is 8.88. The van der Waals surface area contributed by atoms with Gasteiger partial charge < -0.3 is 14.2 Å². The molecule has 0 saturated carbocycles. The van der Waals surface area contributed by atoms with E-state index >= 15 is 0 Å². The summed E-state index contributed by atoms with van der Waals surface area (Å²) in [5.41, 5.74) is 1.49. The molecular formula is C18H27NO3S. The van der Waals surface area contributed by atoms with Gasteiger partial charge in [-0.15, -0.1) is 0 Å². The van der Waals surface area contributed by atoms with Crippen LogP contribution in [0.5, 0.6) is 0 Å². The number of thiophene rings is 1. The Kier molecular flexibility index (Phi) is 5.02. The summed E-state index contributed by atoms with van der Waals surface area (Å²) in [6.45, 7) is 6.74. The van der Waals surface area contributed by atoms with Crippen LogP contribution in [-0.2, 0) is 20.8 Å². The van der Waals surface area contributed by atoms with Crippen molar-refractivity contribution in [3.63, 3.8) is 0 Å². The minimum atomic E-state index is 0.0641. The third-order valence-corrected chi connectivity index (χ3v) is 6.10. The van der Waals surface area contributed by atoms with Crippen LogP contribution in [0.2, 0.25) is 0 Å². The normalized spacial score (nSPS) is 28.8. The van der Waals surface area contributed by atoms with E-state index in [0.29, 0.717) is 12.0 Å². The molecule has 4 nitrogen and oxygen atoms in total. The number of likely N-dealkylation sites (tertiary alicyclic amines) is 1. The van der Waals surface area contributed by atoms with Gasteiger partial charge in [-0.3, -0.25) is 4.90 Å². The zero-order chi connectivity index (χ0) is 15.5. The van der Waals surface area contributed by atoms with E-state index in [4.69, 9.17) is 14.2 Å². The number of ether oxygens (including phenoxy) is 3. The fourth-order valence-corrected chi connectivity index (χ4v) is 4.71. The zero-order valence-corrected chi connectivity index (χ0v) is 14.6. The van der Waals surface area contributed by atoms with Crippen molar-refractivity contribution in [2.75, 3.05) is 39.5 Å². The Hall–Kier alpha value is -0.460. The average Bonchev–Trinajstić information content (AvgIpc) is 3.06. The molecule has 3 fully saturated rings. The molecule has 0 unspecified atom stereocenters. The largest absolute Gasteiger partial charge is 0.381 e. The molecular weight excluding hydrogens is 310 g/mol. The van der Waals surface area contributed by atoms with Gasteiger partial charge in [-0.25, -0.2) is 0 Å². The van der Waals surface area contributed by atoms with Crippen molar-refractivity contribution in [2.45, 2.75) is 43.9 Å². The Bertz CT molecular complexity index is 480. The highest BCUT2D eigenvalue weighted by Crippen LogP contribution is 2.36. The molecule has 128 valence electrons. The lowest BCUT2D eigenvalue weighted by molar-refractivity contribution is -0.201. The molecule has 0 aromatic carbocycles. The second kappa shape index (κ2) is 7.19. The zero-order valence-electron chi connectivity index (χ0n) is 13.7. The van der Waals surface area contributed by atoms with E-state index in [1.807, 2.05) is 0 Å². The molecule has 0 bridgehead atoms. The highest BCUT2D eigenvalue weighted by Gasteiger charge is 2.47. The molecule has 0 aliphatic carbocycles. The van der Waals surface area contributed by atoms with Gasteiger partial charge in [0, 0.05) is 52.5 Å². The number of rotatable bonds is 5. The second-order valence-corrected chi connectivity index (χ2v) is 8.09. The first-order valence-corrected chi connectivity index (χ1v) is 9.82. The lowest BCUT2D eigenvalue weighted by Crippen LogP contribution is -2.65. The number of hydrogen-bond donors (Lipinski definition) is 0. The van der Waals surface area contributed by atoms with Crippen LogP contribution in [0.4, 0.5) is 0 Å². The third kappa shape index (κ3) is 3.97. The van der Waals surface area contributed by atoms with Crippen molar-refractivity contribution in [1.82, 2.24) is 4.90 Å². The Morgan fingerprint density at radius 2 is 2.09 bits per heavy atom. The summed E-state index contributed by atoms with van der Waals surface area (Å²) in [5, 5.41) is 4.40. The van der Waals surface area contributed by atoms with E-state index in [-0.39, 0.29) is 5.60 Å². The predicted molar refractivity (Wildman–Crippen MR) is 90.8 cm³/mol. The molecule has 3 aliphatic rings.